The van der Waals surface area contributed by atoms with Crippen LogP contribution in [0.2, 0.25) is 0 Å². The second-order valence-electron chi connectivity index (χ2n) is 7.13. The Morgan fingerprint density at radius 1 is 1.14 bits per heavy atom. The van der Waals surface area contributed by atoms with Gasteiger partial charge in [-0.2, -0.15) is 0 Å². The van der Waals surface area contributed by atoms with Crippen LogP contribution >= 0.6 is 0 Å². The molecule has 6 heteroatoms. The van der Waals surface area contributed by atoms with Gasteiger partial charge in [0.15, 0.2) is 0 Å². The molecule has 0 aliphatic carbocycles. The summed E-state index contributed by atoms with van der Waals surface area (Å²) in [4.78, 5) is 26.3. The van der Waals surface area contributed by atoms with Crippen molar-refractivity contribution in [2.24, 2.45) is 5.92 Å². The average molecular weight is 399 g/mol. The number of carbonyl (C=O) groups is 2. The third kappa shape index (κ3) is 6.04. The van der Waals surface area contributed by atoms with Crippen LogP contribution in [0.15, 0.2) is 48.5 Å². The number of benzene rings is 2. The summed E-state index contributed by atoms with van der Waals surface area (Å²) in [6, 6.07) is 13.4. The van der Waals surface area contributed by atoms with Crippen LogP contribution in [0.1, 0.15) is 31.7 Å². The highest BCUT2D eigenvalue weighted by Crippen LogP contribution is 2.24. The van der Waals surface area contributed by atoms with Gasteiger partial charge in [0.2, 0.25) is 5.91 Å². The molecule has 1 heterocycles. The highest BCUT2D eigenvalue weighted by Gasteiger charge is 2.29. The molecular formula is C23H26FNO4. The Balaban J connectivity index is 1.53. The molecule has 1 saturated heterocycles. The largest absolute Gasteiger partial charge is 0.466 e. The van der Waals surface area contributed by atoms with Crippen LogP contribution in [0, 0.1) is 11.7 Å². The van der Waals surface area contributed by atoms with Crippen molar-refractivity contribution in [2.75, 3.05) is 19.7 Å². The molecule has 1 atom stereocenters. The van der Waals surface area contributed by atoms with Crippen molar-refractivity contribution in [3.63, 3.8) is 0 Å². The molecule has 0 spiro atoms. The van der Waals surface area contributed by atoms with E-state index in [0.29, 0.717) is 44.0 Å². The molecule has 5 nitrogen and oxygen atoms in total. The molecule has 1 unspecified atom stereocenters. The Morgan fingerprint density at radius 3 is 2.69 bits per heavy atom. The standard InChI is InChI=1S/C23H26FNO4/c1-2-28-23(27)18-6-4-14-25(16-18)22(26)13-8-17-5-3-7-21(15-17)29-20-11-9-19(24)10-12-20/h3,5,7,9-12,15,18H,2,4,6,8,13-14,16H2,1H3. The summed E-state index contributed by atoms with van der Waals surface area (Å²) in [5.41, 5.74) is 0.983. The van der Waals surface area contributed by atoms with Crippen LogP contribution in [0.4, 0.5) is 4.39 Å². The molecule has 3 rings (SSSR count). The van der Waals surface area contributed by atoms with Gasteiger partial charge in [0.1, 0.15) is 17.3 Å². The zero-order chi connectivity index (χ0) is 20.6. The van der Waals surface area contributed by atoms with Gasteiger partial charge in [0.25, 0.3) is 0 Å². The predicted molar refractivity (Wildman–Crippen MR) is 107 cm³/mol. The quantitative estimate of drug-likeness (QED) is 0.650. The fraction of sp³-hybridized carbons (Fsp3) is 0.391. The number of hydrogen-bond acceptors (Lipinski definition) is 4. The van der Waals surface area contributed by atoms with Crippen molar-refractivity contribution in [2.45, 2.75) is 32.6 Å². The fourth-order valence-electron chi connectivity index (χ4n) is 3.47. The van der Waals surface area contributed by atoms with Gasteiger partial charge in [0, 0.05) is 19.5 Å². The minimum atomic E-state index is -0.312. The molecule has 1 aliphatic rings. The van der Waals surface area contributed by atoms with Gasteiger partial charge < -0.3 is 14.4 Å². The molecule has 0 saturated carbocycles. The second-order valence-corrected chi connectivity index (χ2v) is 7.13. The Labute approximate surface area is 170 Å². The van der Waals surface area contributed by atoms with Crippen LogP contribution in [0.5, 0.6) is 11.5 Å². The van der Waals surface area contributed by atoms with E-state index in [-0.39, 0.29) is 23.6 Å². The molecule has 0 N–H and O–H groups in total. The van der Waals surface area contributed by atoms with E-state index < -0.39 is 0 Å². The van der Waals surface area contributed by atoms with E-state index in [0.717, 1.165) is 18.4 Å². The molecule has 29 heavy (non-hydrogen) atoms. The number of halogens is 1. The van der Waals surface area contributed by atoms with E-state index >= 15 is 0 Å². The molecule has 0 aromatic heterocycles. The van der Waals surface area contributed by atoms with E-state index in [1.54, 1.807) is 24.0 Å². The molecule has 2 aromatic carbocycles. The summed E-state index contributed by atoms with van der Waals surface area (Å²) in [5.74, 6) is 0.493. The Kier molecular flexibility index (Phi) is 7.22. The Hall–Kier alpha value is -2.89. The number of amides is 1. The van der Waals surface area contributed by atoms with Crippen molar-refractivity contribution < 1.29 is 23.5 Å². The third-order valence-electron chi connectivity index (χ3n) is 4.97. The van der Waals surface area contributed by atoms with Crippen LogP contribution in [-0.2, 0) is 20.7 Å². The molecular weight excluding hydrogens is 373 g/mol. The van der Waals surface area contributed by atoms with Crippen LogP contribution in [-0.4, -0.2) is 36.5 Å². The zero-order valence-corrected chi connectivity index (χ0v) is 16.6. The SMILES string of the molecule is CCOC(=O)C1CCCN(C(=O)CCc2cccc(Oc3ccc(F)cc3)c2)C1. The maximum atomic E-state index is 13.0. The van der Waals surface area contributed by atoms with Gasteiger partial charge in [-0.15, -0.1) is 0 Å². The van der Waals surface area contributed by atoms with E-state index in [1.807, 2.05) is 24.3 Å². The molecule has 1 fully saturated rings. The number of nitrogens with zero attached hydrogens (tertiary/aromatic N) is 1. The lowest BCUT2D eigenvalue weighted by molar-refractivity contribution is -0.151. The smallest absolute Gasteiger partial charge is 0.310 e. The fourth-order valence-corrected chi connectivity index (χ4v) is 3.47. The lowest BCUT2D eigenvalue weighted by atomic mass is 9.97. The summed E-state index contributed by atoms with van der Waals surface area (Å²) in [6.45, 7) is 3.27. The maximum Gasteiger partial charge on any atom is 0.310 e. The van der Waals surface area contributed by atoms with Crippen LogP contribution in [0.25, 0.3) is 0 Å². The first-order chi connectivity index (χ1) is 14.0. The van der Waals surface area contributed by atoms with Gasteiger partial charge in [-0.3, -0.25) is 9.59 Å². The molecule has 0 bridgehead atoms. The number of carbonyl (C=O) groups excluding carboxylic acids is 2. The first kappa shape index (κ1) is 20.8. The van der Waals surface area contributed by atoms with E-state index in [9.17, 15) is 14.0 Å². The van der Waals surface area contributed by atoms with Crippen molar-refractivity contribution >= 4 is 11.9 Å². The molecule has 154 valence electrons. The lowest BCUT2D eigenvalue weighted by Gasteiger charge is -2.31. The lowest BCUT2D eigenvalue weighted by Crippen LogP contribution is -2.42. The number of hydrogen-bond donors (Lipinski definition) is 0. The van der Waals surface area contributed by atoms with Gasteiger partial charge >= 0.3 is 5.97 Å². The Bertz CT molecular complexity index is 837. The van der Waals surface area contributed by atoms with E-state index in [4.69, 9.17) is 9.47 Å². The summed E-state index contributed by atoms with van der Waals surface area (Å²) >= 11 is 0. The predicted octanol–water partition coefficient (Wildman–Crippen LogP) is 4.35. The summed E-state index contributed by atoms with van der Waals surface area (Å²) in [7, 11) is 0. The third-order valence-corrected chi connectivity index (χ3v) is 4.97. The van der Waals surface area contributed by atoms with Crippen LogP contribution in [0.3, 0.4) is 0 Å². The first-order valence-corrected chi connectivity index (χ1v) is 10.0. The van der Waals surface area contributed by atoms with E-state index in [2.05, 4.69) is 0 Å². The number of aryl methyl sites for hydroxylation is 1. The maximum absolute atomic E-state index is 13.0. The van der Waals surface area contributed by atoms with Crippen molar-refractivity contribution in [1.29, 1.82) is 0 Å². The average Bonchev–Trinajstić information content (AvgIpc) is 2.74. The van der Waals surface area contributed by atoms with Crippen LogP contribution < -0.4 is 4.74 Å². The summed E-state index contributed by atoms with van der Waals surface area (Å²) in [5, 5.41) is 0. The number of likely N-dealkylation sites (tertiary alicyclic amines) is 1. The summed E-state index contributed by atoms with van der Waals surface area (Å²) < 4.78 is 23.9. The molecule has 0 radical (unpaired) electrons. The normalized spacial score (nSPS) is 16.3. The number of esters is 1. The minimum absolute atomic E-state index is 0.0452. The monoisotopic (exact) mass is 399 g/mol. The Morgan fingerprint density at radius 2 is 1.93 bits per heavy atom. The summed E-state index contributed by atoms with van der Waals surface area (Å²) in [6.07, 6.45) is 2.54. The zero-order valence-electron chi connectivity index (χ0n) is 16.6. The van der Waals surface area contributed by atoms with Gasteiger partial charge in [-0.05, 0) is 68.1 Å². The molecule has 1 aliphatic heterocycles. The van der Waals surface area contributed by atoms with Crippen molar-refractivity contribution in [1.82, 2.24) is 4.90 Å². The number of rotatable bonds is 7. The van der Waals surface area contributed by atoms with Crippen molar-refractivity contribution in [3.8, 4) is 11.5 Å². The minimum Gasteiger partial charge on any atom is -0.466 e. The number of ether oxygens (including phenoxy) is 2. The van der Waals surface area contributed by atoms with E-state index in [1.165, 1.54) is 12.1 Å². The van der Waals surface area contributed by atoms with Crippen molar-refractivity contribution in [3.05, 3.63) is 59.9 Å². The van der Waals surface area contributed by atoms with Gasteiger partial charge in [-0.25, -0.2) is 4.39 Å². The highest BCUT2D eigenvalue weighted by atomic mass is 19.1. The molecule has 2 aromatic rings. The topological polar surface area (TPSA) is 55.8 Å². The highest BCUT2D eigenvalue weighted by molar-refractivity contribution is 5.78. The second kappa shape index (κ2) is 10.0. The first-order valence-electron chi connectivity index (χ1n) is 10.0. The van der Waals surface area contributed by atoms with Gasteiger partial charge in [0.05, 0.1) is 12.5 Å². The number of piperidine rings is 1. The molecule has 1 amide bonds. The van der Waals surface area contributed by atoms with Gasteiger partial charge in [-0.1, -0.05) is 12.1 Å².